The Morgan fingerprint density at radius 1 is 1.14 bits per heavy atom. The highest BCUT2D eigenvalue weighted by Crippen LogP contribution is 2.29. The number of carbonyl (C=O) groups excluding carboxylic acids is 1. The second kappa shape index (κ2) is 5.32. The molecule has 1 heterocycles. The van der Waals surface area contributed by atoms with Gasteiger partial charge in [0, 0.05) is 22.7 Å². The van der Waals surface area contributed by atoms with Gasteiger partial charge in [0.25, 0.3) is 0 Å². The number of ether oxygens (including phenoxy) is 1. The number of aldehydes is 1. The van der Waals surface area contributed by atoms with Crippen molar-refractivity contribution in [3.05, 3.63) is 65.6 Å². The van der Waals surface area contributed by atoms with Gasteiger partial charge in [0.1, 0.15) is 23.4 Å². The lowest BCUT2D eigenvalue weighted by Crippen LogP contribution is -1.92. The number of hydrogen-bond acceptors (Lipinski definition) is 3. The normalized spacial score (nSPS) is 10.6. The van der Waals surface area contributed by atoms with Crippen LogP contribution in [-0.4, -0.2) is 11.3 Å². The van der Waals surface area contributed by atoms with Crippen LogP contribution in [0.4, 0.5) is 4.39 Å². The van der Waals surface area contributed by atoms with E-state index in [1.54, 1.807) is 6.07 Å². The van der Waals surface area contributed by atoms with Crippen molar-refractivity contribution in [2.45, 2.75) is 6.92 Å². The first-order chi connectivity index (χ1) is 10.2. The van der Waals surface area contributed by atoms with Crippen LogP contribution in [0.1, 0.15) is 16.1 Å². The Balaban J connectivity index is 2.07. The monoisotopic (exact) mass is 281 g/mol. The first kappa shape index (κ1) is 13.2. The number of pyridine rings is 1. The summed E-state index contributed by atoms with van der Waals surface area (Å²) in [4.78, 5) is 15.2. The molecule has 0 spiro atoms. The van der Waals surface area contributed by atoms with E-state index in [2.05, 4.69) is 4.98 Å². The number of para-hydroxylation sites is 1. The SMILES string of the molecule is Cc1ccc2cccc(Oc3cc(F)cc(C=O)c3)c2n1. The maximum absolute atomic E-state index is 13.4. The molecule has 0 unspecified atom stereocenters. The van der Waals surface area contributed by atoms with Gasteiger partial charge in [0.05, 0.1) is 0 Å². The highest BCUT2D eigenvalue weighted by molar-refractivity contribution is 5.85. The molecule has 0 fully saturated rings. The summed E-state index contributed by atoms with van der Waals surface area (Å²) in [6.45, 7) is 1.89. The maximum atomic E-state index is 13.4. The van der Waals surface area contributed by atoms with Crippen LogP contribution in [-0.2, 0) is 0 Å². The second-order valence-electron chi connectivity index (χ2n) is 4.72. The summed E-state index contributed by atoms with van der Waals surface area (Å²) in [5.41, 5.74) is 1.80. The van der Waals surface area contributed by atoms with E-state index >= 15 is 0 Å². The molecule has 0 aliphatic carbocycles. The Bertz CT molecular complexity index is 830. The average Bonchev–Trinajstić information content (AvgIpc) is 2.47. The minimum absolute atomic E-state index is 0.231. The van der Waals surface area contributed by atoms with E-state index in [1.807, 2.05) is 31.2 Å². The first-order valence-electron chi connectivity index (χ1n) is 6.46. The summed E-state index contributed by atoms with van der Waals surface area (Å²) in [6, 6.07) is 13.3. The van der Waals surface area contributed by atoms with Gasteiger partial charge in [-0.25, -0.2) is 9.37 Å². The Labute approximate surface area is 121 Å². The number of fused-ring (bicyclic) bond motifs is 1. The molecule has 0 radical (unpaired) electrons. The van der Waals surface area contributed by atoms with Crippen molar-refractivity contribution in [2.24, 2.45) is 0 Å². The highest BCUT2D eigenvalue weighted by Gasteiger charge is 2.07. The Hall–Kier alpha value is -2.75. The van der Waals surface area contributed by atoms with Gasteiger partial charge in [0.15, 0.2) is 5.75 Å². The third-order valence-electron chi connectivity index (χ3n) is 3.08. The fourth-order valence-corrected chi connectivity index (χ4v) is 2.14. The summed E-state index contributed by atoms with van der Waals surface area (Å²) in [6.07, 6.45) is 0.585. The number of rotatable bonds is 3. The maximum Gasteiger partial charge on any atom is 0.153 e. The molecule has 0 atom stereocenters. The van der Waals surface area contributed by atoms with Gasteiger partial charge in [-0.15, -0.1) is 0 Å². The fourth-order valence-electron chi connectivity index (χ4n) is 2.14. The van der Waals surface area contributed by atoms with E-state index in [1.165, 1.54) is 12.1 Å². The van der Waals surface area contributed by atoms with Crippen LogP contribution in [0, 0.1) is 12.7 Å². The van der Waals surface area contributed by atoms with Crippen LogP contribution in [0.25, 0.3) is 10.9 Å². The minimum atomic E-state index is -0.515. The lowest BCUT2D eigenvalue weighted by atomic mass is 10.2. The molecule has 104 valence electrons. The van der Waals surface area contributed by atoms with Crippen LogP contribution >= 0.6 is 0 Å². The summed E-state index contributed by atoms with van der Waals surface area (Å²) < 4.78 is 19.1. The predicted octanol–water partition coefficient (Wildman–Crippen LogP) is 4.29. The van der Waals surface area contributed by atoms with Gasteiger partial charge in [-0.1, -0.05) is 18.2 Å². The zero-order valence-corrected chi connectivity index (χ0v) is 11.3. The molecule has 0 aliphatic rings. The third kappa shape index (κ3) is 2.74. The van der Waals surface area contributed by atoms with E-state index in [9.17, 15) is 9.18 Å². The molecule has 3 aromatic rings. The number of hydrogen-bond donors (Lipinski definition) is 0. The van der Waals surface area contributed by atoms with Crippen molar-refractivity contribution in [3.8, 4) is 11.5 Å². The van der Waals surface area contributed by atoms with Crippen LogP contribution in [0.2, 0.25) is 0 Å². The van der Waals surface area contributed by atoms with Gasteiger partial charge in [-0.2, -0.15) is 0 Å². The molecule has 4 heteroatoms. The van der Waals surface area contributed by atoms with Gasteiger partial charge < -0.3 is 4.74 Å². The lowest BCUT2D eigenvalue weighted by Gasteiger charge is -2.09. The molecule has 3 nitrogen and oxygen atoms in total. The molecule has 0 saturated carbocycles. The average molecular weight is 281 g/mol. The largest absolute Gasteiger partial charge is 0.455 e. The molecule has 2 aromatic carbocycles. The Kier molecular flexibility index (Phi) is 3.36. The van der Waals surface area contributed by atoms with Gasteiger partial charge in [-0.05, 0) is 31.2 Å². The summed E-state index contributed by atoms with van der Waals surface area (Å²) >= 11 is 0. The Morgan fingerprint density at radius 3 is 2.81 bits per heavy atom. The third-order valence-corrected chi connectivity index (χ3v) is 3.08. The van der Waals surface area contributed by atoms with E-state index < -0.39 is 5.82 Å². The standard InChI is InChI=1S/C17H12FNO2/c1-11-5-6-13-3-2-4-16(17(13)19-11)21-15-8-12(10-20)7-14(18)9-15/h2-10H,1H3. The number of aryl methyl sites for hydroxylation is 1. The molecular weight excluding hydrogens is 269 g/mol. The summed E-state index contributed by atoms with van der Waals surface area (Å²) in [7, 11) is 0. The summed E-state index contributed by atoms with van der Waals surface area (Å²) in [5, 5.41) is 0.935. The topological polar surface area (TPSA) is 39.2 Å². The Morgan fingerprint density at radius 2 is 2.00 bits per heavy atom. The van der Waals surface area contributed by atoms with Gasteiger partial charge in [0.2, 0.25) is 0 Å². The number of benzene rings is 2. The molecular formula is C17H12FNO2. The number of aromatic nitrogens is 1. The minimum Gasteiger partial charge on any atom is -0.455 e. The molecule has 1 aromatic heterocycles. The number of halogens is 1. The van der Waals surface area contributed by atoms with Crippen molar-refractivity contribution in [3.63, 3.8) is 0 Å². The molecule has 0 N–H and O–H groups in total. The second-order valence-corrected chi connectivity index (χ2v) is 4.72. The van der Waals surface area contributed by atoms with E-state index in [4.69, 9.17) is 4.74 Å². The number of nitrogens with zero attached hydrogens (tertiary/aromatic N) is 1. The van der Waals surface area contributed by atoms with E-state index in [0.717, 1.165) is 17.1 Å². The zero-order chi connectivity index (χ0) is 14.8. The quantitative estimate of drug-likeness (QED) is 0.672. The predicted molar refractivity (Wildman–Crippen MR) is 78.3 cm³/mol. The van der Waals surface area contributed by atoms with Crippen molar-refractivity contribution in [1.82, 2.24) is 4.98 Å². The molecule has 0 aliphatic heterocycles. The van der Waals surface area contributed by atoms with E-state index in [-0.39, 0.29) is 11.3 Å². The van der Waals surface area contributed by atoms with Crippen molar-refractivity contribution in [2.75, 3.05) is 0 Å². The lowest BCUT2D eigenvalue weighted by molar-refractivity contribution is 0.112. The smallest absolute Gasteiger partial charge is 0.153 e. The van der Waals surface area contributed by atoms with Gasteiger partial charge in [-0.3, -0.25) is 4.79 Å². The summed E-state index contributed by atoms with van der Waals surface area (Å²) in [5.74, 6) is 0.283. The molecule has 3 rings (SSSR count). The van der Waals surface area contributed by atoms with Crippen LogP contribution < -0.4 is 4.74 Å². The van der Waals surface area contributed by atoms with E-state index in [0.29, 0.717) is 17.6 Å². The van der Waals surface area contributed by atoms with Crippen LogP contribution in [0.5, 0.6) is 11.5 Å². The molecule has 21 heavy (non-hydrogen) atoms. The molecule has 0 amide bonds. The highest BCUT2D eigenvalue weighted by atomic mass is 19.1. The number of carbonyl (C=O) groups is 1. The van der Waals surface area contributed by atoms with Crippen molar-refractivity contribution in [1.29, 1.82) is 0 Å². The van der Waals surface area contributed by atoms with Crippen LogP contribution in [0.3, 0.4) is 0 Å². The molecule has 0 saturated heterocycles. The molecule has 0 bridgehead atoms. The fraction of sp³-hybridized carbons (Fsp3) is 0.0588. The van der Waals surface area contributed by atoms with Crippen molar-refractivity contribution < 1.29 is 13.9 Å². The van der Waals surface area contributed by atoms with Crippen molar-refractivity contribution >= 4 is 17.2 Å². The van der Waals surface area contributed by atoms with Crippen LogP contribution in [0.15, 0.2) is 48.5 Å². The van der Waals surface area contributed by atoms with Gasteiger partial charge >= 0.3 is 0 Å². The zero-order valence-electron chi connectivity index (χ0n) is 11.3. The first-order valence-corrected chi connectivity index (χ1v) is 6.46.